The van der Waals surface area contributed by atoms with Gasteiger partial charge in [0.15, 0.2) is 6.61 Å². The van der Waals surface area contributed by atoms with Gasteiger partial charge in [-0.05, 0) is 11.6 Å². The van der Waals surface area contributed by atoms with Crippen LogP contribution in [0.2, 0.25) is 0 Å². The largest absolute Gasteiger partial charge is 0.569 e. The van der Waals surface area contributed by atoms with Gasteiger partial charge in [-0.1, -0.05) is 18.2 Å². The zero-order valence-corrected chi connectivity index (χ0v) is 9.96. The van der Waals surface area contributed by atoms with Crippen molar-refractivity contribution in [3.63, 3.8) is 0 Å². The Bertz CT molecular complexity index is 574. The summed E-state index contributed by atoms with van der Waals surface area (Å²) in [7, 11) is 0. The summed E-state index contributed by atoms with van der Waals surface area (Å²) in [5.41, 5.74) is 0.452. The molecule has 0 amide bonds. The molecule has 0 bridgehead atoms. The lowest BCUT2D eigenvalue weighted by Gasteiger charge is -2.23. The molecule has 0 saturated heterocycles. The lowest BCUT2D eigenvalue weighted by atomic mass is 10.1. The van der Waals surface area contributed by atoms with E-state index in [1.165, 1.54) is 18.2 Å². The summed E-state index contributed by atoms with van der Waals surface area (Å²) in [5.74, 6) is -4.14. The van der Waals surface area contributed by atoms with Crippen molar-refractivity contribution < 1.29 is 24.6 Å². The van der Waals surface area contributed by atoms with Crippen LogP contribution < -0.4 is 5.06 Å². The Morgan fingerprint density at radius 3 is 2.50 bits per heavy atom. The maximum Gasteiger partial charge on any atom is 0.569 e. The standard InChI is InChI=1S/C10H9N3O7/c14-9(15)6-20-11-8-4-2-1-3-7(8)5-10(11,12(16)17)13(18)19/h1-4H,5-6H2,(H,14,15). The highest BCUT2D eigenvalue weighted by Crippen LogP contribution is 2.39. The van der Waals surface area contributed by atoms with Gasteiger partial charge in [-0.25, -0.2) is 4.79 Å². The van der Waals surface area contributed by atoms with E-state index in [1.54, 1.807) is 6.07 Å². The number of rotatable bonds is 5. The third kappa shape index (κ3) is 1.91. The summed E-state index contributed by atoms with van der Waals surface area (Å²) < 4.78 is 0. The van der Waals surface area contributed by atoms with Crippen molar-refractivity contribution in [2.24, 2.45) is 0 Å². The Morgan fingerprint density at radius 2 is 1.95 bits per heavy atom. The van der Waals surface area contributed by atoms with E-state index in [0.717, 1.165) is 0 Å². The number of carbonyl (C=O) groups is 1. The predicted molar refractivity (Wildman–Crippen MR) is 62.9 cm³/mol. The van der Waals surface area contributed by atoms with Crippen LogP contribution in [0.3, 0.4) is 0 Å². The summed E-state index contributed by atoms with van der Waals surface area (Å²) in [6, 6.07) is 5.98. The first-order valence-electron chi connectivity index (χ1n) is 5.41. The monoisotopic (exact) mass is 283 g/mol. The van der Waals surface area contributed by atoms with Crippen molar-refractivity contribution in [3.05, 3.63) is 50.1 Å². The second kappa shape index (κ2) is 4.74. The number of nitro groups is 2. The Labute approximate surface area is 111 Å². The molecule has 0 spiro atoms. The van der Waals surface area contributed by atoms with E-state index < -0.39 is 34.6 Å². The number of para-hydroxylation sites is 1. The second-order valence-corrected chi connectivity index (χ2v) is 4.06. The first-order chi connectivity index (χ1) is 9.39. The first-order valence-corrected chi connectivity index (χ1v) is 5.41. The maximum absolute atomic E-state index is 11.2. The summed E-state index contributed by atoms with van der Waals surface area (Å²) in [6.45, 7) is -0.919. The van der Waals surface area contributed by atoms with Crippen molar-refractivity contribution in [2.45, 2.75) is 12.2 Å². The molecule has 0 atom stereocenters. The van der Waals surface area contributed by atoms with Crippen LogP contribution in [0.5, 0.6) is 0 Å². The number of carboxylic acids is 1. The van der Waals surface area contributed by atoms with Crippen molar-refractivity contribution in [1.29, 1.82) is 0 Å². The van der Waals surface area contributed by atoms with Gasteiger partial charge in [-0.15, -0.1) is 5.06 Å². The Morgan fingerprint density at radius 1 is 1.35 bits per heavy atom. The normalized spacial score (nSPS) is 15.7. The van der Waals surface area contributed by atoms with E-state index in [1.807, 2.05) is 0 Å². The number of aliphatic carboxylic acids is 1. The number of nitrogens with zero attached hydrogens (tertiary/aromatic N) is 3. The van der Waals surface area contributed by atoms with Gasteiger partial charge in [-0.3, -0.25) is 25.1 Å². The quantitative estimate of drug-likeness (QED) is 0.462. The van der Waals surface area contributed by atoms with E-state index in [2.05, 4.69) is 0 Å². The fourth-order valence-electron chi connectivity index (χ4n) is 2.02. The smallest absolute Gasteiger partial charge is 0.479 e. The third-order valence-electron chi connectivity index (χ3n) is 2.87. The fraction of sp³-hybridized carbons (Fsp3) is 0.300. The second-order valence-electron chi connectivity index (χ2n) is 4.06. The highest BCUT2D eigenvalue weighted by Gasteiger charge is 2.68. The number of hydroxylamine groups is 1. The van der Waals surface area contributed by atoms with Crippen molar-refractivity contribution in [3.8, 4) is 0 Å². The molecular weight excluding hydrogens is 274 g/mol. The van der Waals surface area contributed by atoms with E-state index in [9.17, 15) is 25.0 Å². The van der Waals surface area contributed by atoms with Gasteiger partial charge >= 0.3 is 11.8 Å². The molecule has 0 aromatic heterocycles. The molecule has 10 heteroatoms. The van der Waals surface area contributed by atoms with Crippen LogP contribution in [-0.2, 0) is 16.1 Å². The van der Waals surface area contributed by atoms with E-state index >= 15 is 0 Å². The minimum Gasteiger partial charge on any atom is -0.479 e. The van der Waals surface area contributed by atoms with Crippen LogP contribution in [0.1, 0.15) is 5.56 Å². The number of fused-ring (bicyclic) bond motifs is 1. The molecule has 1 N–H and O–H groups in total. The third-order valence-corrected chi connectivity index (χ3v) is 2.87. The SMILES string of the molecule is O=C(O)CON1c2ccccc2CC1([N+](=O)[O-])[N+](=O)[O-]. The lowest BCUT2D eigenvalue weighted by molar-refractivity contribution is -0.800. The van der Waals surface area contributed by atoms with E-state index in [0.29, 0.717) is 10.6 Å². The molecule has 0 aliphatic carbocycles. The van der Waals surface area contributed by atoms with Crippen molar-refractivity contribution >= 4 is 11.7 Å². The highest BCUT2D eigenvalue weighted by molar-refractivity contribution is 5.68. The van der Waals surface area contributed by atoms with Crippen LogP contribution >= 0.6 is 0 Å². The zero-order valence-electron chi connectivity index (χ0n) is 9.96. The summed E-state index contributed by atoms with van der Waals surface area (Å²) in [6.07, 6.45) is -0.511. The molecule has 1 aliphatic rings. The highest BCUT2D eigenvalue weighted by atomic mass is 16.8. The molecule has 0 unspecified atom stereocenters. The minimum absolute atomic E-state index is 0.113. The molecule has 1 aliphatic heterocycles. The predicted octanol–water partition coefficient (Wildman–Crippen LogP) is 0.273. The van der Waals surface area contributed by atoms with Crippen LogP contribution in [0, 0.1) is 20.2 Å². The number of anilines is 1. The van der Waals surface area contributed by atoms with E-state index in [-0.39, 0.29) is 5.69 Å². The van der Waals surface area contributed by atoms with Crippen LogP contribution in [0.25, 0.3) is 0 Å². The number of hydrogen-bond acceptors (Lipinski definition) is 7. The Balaban J connectivity index is 2.49. The Hall–Kier alpha value is -2.75. The molecule has 20 heavy (non-hydrogen) atoms. The molecule has 2 rings (SSSR count). The molecule has 0 saturated carbocycles. The average Bonchev–Trinajstić information content (AvgIpc) is 2.71. The summed E-state index contributed by atoms with van der Waals surface area (Å²) in [4.78, 5) is 35.5. The van der Waals surface area contributed by atoms with Gasteiger partial charge in [0, 0.05) is 0 Å². The van der Waals surface area contributed by atoms with Crippen molar-refractivity contribution in [1.82, 2.24) is 0 Å². The first kappa shape index (κ1) is 13.7. The lowest BCUT2D eigenvalue weighted by Crippen LogP contribution is -2.59. The number of carboxylic acid groups (broad SMARTS) is 1. The molecule has 0 fully saturated rings. The molecule has 106 valence electrons. The number of hydrogen-bond donors (Lipinski definition) is 1. The van der Waals surface area contributed by atoms with Crippen LogP contribution in [0.15, 0.2) is 24.3 Å². The zero-order chi connectivity index (χ0) is 14.9. The molecule has 1 aromatic carbocycles. The van der Waals surface area contributed by atoms with Crippen LogP contribution in [0.4, 0.5) is 5.69 Å². The van der Waals surface area contributed by atoms with Crippen LogP contribution in [-0.4, -0.2) is 33.3 Å². The minimum atomic E-state index is -2.75. The molecule has 10 nitrogen and oxygen atoms in total. The van der Waals surface area contributed by atoms with E-state index in [4.69, 9.17) is 9.94 Å². The molecule has 1 heterocycles. The molecule has 1 aromatic rings. The summed E-state index contributed by atoms with van der Waals surface area (Å²) >= 11 is 0. The van der Waals surface area contributed by atoms with Crippen molar-refractivity contribution in [2.75, 3.05) is 11.7 Å². The number of benzene rings is 1. The summed E-state index contributed by atoms with van der Waals surface area (Å²) in [5, 5.41) is 31.4. The van der Waals surface area contributed by atoms with Gasteiger partial charge in [0.1, 0.15) is 16.3 Å². The molecule has 0 radical (unpaired) electrons. The van der Waals surface area contributed by atoms with Gasteiger partial charge in [-0.2, -0.15) is 0 Å². The topological polar surface area (TPSA) is 136 Å². The fourth-order valence-corrected chi connectivity index (χ4v) is 2.02. The maximum atomic E-state index is 11.2. The average molecular weight is 283 g/mol. The van der Waals surface area contributed by atoms with Gasteiger partial charge < -0.3 is 5.11 Å². The van der Waals surface area contributed by atoms with Gasteiger partial charge in [0.25, 0.3) is 0 Å². The Kier molecular flexibility index (Phi) is 3.24. The van der Waals surface area contributed by atoms with Gasteiger partial charge in [0.2, 0.25) is 0 Å². The molecular formula is C10H9N3O7. The van der Waals surface area contributed by atoms with Gasteiger partial charge in [0.05, 0.1) is 5.69 Å².